The number of hydrogen-bond acceptors (Lipinski definition) is 1. The lowest BCUT2D eigenvalue weighted by Gasteiger charge is -2.39. The molecule has 3 heterocycles. The van der Waals surface area contributed by atoms with Crippen molar-refractivity contribution < 1.29 is 15.1 Å². The fraction of sp³-hybridized carbons (Fsp3) is 0.576. The van der Waals surface area contributed by atoms with E-state index in [1.165, 1.54) is 81.3 Å². The van der Waals surface area contributed by atoms with Crippen LogP contribution in [0.4, 0.5) is 0 Å². The second-order valence-electron chi connectivity index (χ2n) is 11.2. The summed E-state index contributed by atoms with van der Waals surface area (Å²) in [6, 6.07) is 15.5. The van der Waals surface area contributed by atoms with Gasteiger partial charge in [0.1, 0.15) is 0 Å². The summed E-state index contributed by atoms with van der Waals surface area (Å²) in [5, 5.41) is 3.15. The van der Waals surface area contributed by atoms with Crippen LogP contribution < -0.4 is 10.3 Å². The number of piperidine rings is 1. The summed E-state index contributed by atoms with van der Waals surface area (Å²) in [6.07, 6.45) is 23.1. The van der Waals surface area contributed by atoms with E-state index in [4.69, 9.17) is 11.6 Å². The summed E-state index contributed by atoms with van der Waals surface area (Å²) in [6.45, 7) is 5.63. The molecule has 3 N–H and O–H groups in total. The Balaban J connectivity index is 0.000000208. The molecule has 1 aromatic heterocycles. The number of pyridine rings is 1. The van der Waals surface area contributed by atoms with Crippen molar-refractivity contribution in [1.29, 1.82) is 0 Å². The Kier molecular flexibility index (Phi) is 13.2. The van der Waals surface area contributed by atoms with Crippen molar-refractivity contribution in [2.75, 3.05) is 19.6 Å². The van der Waals surface area contributed by atoms with Gasteiger partial charge in [0.25, 0.3) is 5.15 Å². The van der Waals surface area contributed by atoms with Gasteiger partial charge in [0.2, 0.25) is 6.41 Å². The fourth-order valence-corrected chi connectivity index (χ4v) is 6.85. The maximum absolute atomic E-state index is 11.4. The molecule has 1 aliphatic carbocycles. The first-order valence-corrected chi connectivity index (χ1v) is 15.2. The molecule has 2 unspecified atom stereocenters. The lowest BCUT2D eigenvalue weighted by atomic mass is 9.79. The van der Waals surface area contributed by atoms with Gasteiger partial charge in [0.15, 0.2) is 5.69 Å². The number of likely N-dealkylation sites (tertiary alicyclic amines) is 1. The number of nitrogens with zero attached hydrogens (tertiary/aromatic N) is 1. The zero-order valence-electron chi connectivity index (χ0n) is 23.3. The quantitative estimate of drug-likeness (QED) is 0.272. The molecule has 3 aliphatic rings. The molecule has 3 atom stereocenters. The molecule has 2 saturated heterocycles. The van der Waals surface area contributed by atoms with Gasteiger partial charge in [-0.2, -0.15) is 4.98 Å². The lowest BCUT2D eigenvalue weighted by molar-refractivity contribution is -0.636. The van der Waals surface area contributed by atoms with Crippen LogP contribution in [0.3, 0.4) is 0 Å². The number of H-pyrrole nitrogens is 1. The SMILES string of the molecule is C#C.CCCc1[nH+]c(Cl)ccc1[C@H]1CC[NH2+]C1.O=CN1CCC(c2ccccc2)CC1CC1CCCCC1. The van der Waals surface area contributed by atoms with Crippen molar-refractivity contribution in [3.63, 3.8) is 0 Å². The summed E-state index contributed by atoms with van der Waals surface area (Å²) in [5.41, 5.74) is 4.27. The Hall–Kier alpha value is -2.35. The smallest absolute Gasteiger partial charge is 0.273 e. The number of terminal acetylenes is 1. The number of nitrogens with one attached hydrogen (secondary N) is 1. The van der Waals surface area contributed by atoms with Crippen molar-refractivity contribution in [1.82, 2.24) is 4.90 Å². The van der Waals surface area contributed by atoms with E-state index < -0.39 is 0 Å². The maximum Gasteiger partial charge on any atom is 0.273 e. The average molecular weight is 538 g/mol. The van der Waals surface area contributed by atoms with Crippen LogP contribution in [0, 0.1) is 18.8 Å². The monoisotopic (exact) mass is 537 g/mol. The summed E-state index contributed by atoms with van der Waals surface area (Å²) in [4.78, 5) is 16.8. The Morgan fingerprint density at radius 2 is 1.79 bits per heavy atom. The van der Waals surface area contributed by atoms with Crippen LogP contribution in [0.2, 0.25) is 5.15 Å². The molecule has 2 aromatic rings. The molecule has 3 fully saturated rings. The van der Waals surface area contributed by atoms with Gasteiger partial charge in [-0.15, -0.1) is 12.8 Å². The van der Waals surface area contributed by atoms with E-state index in [0.29, 0.717) is 12.0 Å². The van der Waals surface area contributed by atoms with Gasteiger partial charge >= 0.3 is 0 Å². The zero-order chi connectivity index (χ0) is 27.2. The topological polar surface area (TPSA) is 51.1 Å². The van der Waals surface area contributed by atoms with Crippen LogP contribution in [0.1, 0.15) is 99.8 Å². The molecule has 1 amide bonds. The van der Waals surface area contributed by atoms with Gasteiger partial charge in [-0.1, -0.05) is 69.4 Å². The molecule has 206 valence electrons. The molecular weight excluding hydrogens is 490 g/mol. The summed E-state index contributed by atoms with van der Waals surface area (Å²) < 4.78 is 0. The zero-order valence-corrected chi connectivity index (χ0v) is 24.0. The number of aromatic nitrogens is 1. The van der Waals surface area contributed by atoms with Crippen LogP contribution >= 0.6 is 11.6 Å². The largest absolute Gasteiger partial charge is 0.346 e. The van der Waals surface area contributed by atoms with Gasteiger partial charge in [0, 0.05) is 43.0 Å². The number of amides is 1. The second-order valence-corrected chi connectivity index (χ2v) is 11.6. The van der Waals surface area contributed by atoms with Gasteiger partial charge in [-0.3, -0.25) is 4.79 Å². The fourth-order valence-electron chi connectivity index (χ4n) is 6.67. The third-order valence-corrected chi connectivity index (χ3v) is 8.86. The van der Waals surface area contributed by atoms with E-state index in [9.17, 15) is 4.79 Å². The highest BCUT2D eigenvalue weighted by Crippen LogP contribution is 2.36. The van der Waals surface area contributed by atoms with Gasteiger partial charge in [-0.05, 0) is 60.7 Å². The molecule has 0 spiro atoms. The number of aryl methyl sites for hydroxylation is 1. The molecular formula is C33H48ClN3O+2. The van der Waals surface area contributed by atoms with Crippen LogP contribution in [0.25, 0.3) is 0 Å². The Labute approximate surface area is 236 Å². The van der Waals surface area contributed by atoms with Crippen molar-refractivity contribution in [2.45, 2.75) is 95.4 Å². The Morgan fingerprint density at radius 3 is 2.45 bits per heavy atom. The Bertz CT molecular complexity index is 967. The van der Waals surface area contributed by atoms with Gasteiger partial charge in [-0.25, -0.2) is 0 Å². The van der Waals surface area contributed by atoms with E-state index in [1.807, 2.05) is 6.07 Å². The minimum absolute atomic E-state index is 0.463. The van der Waals surface area contributed by atoms with Crippen LogP contribution in [0.15, 0.2) is 42.5 Å². The predicted molar refractivity (Wildman–Crippen MR) is 157 cm³/mol. The summed E-state index contributed by atoms with van der Waals surface area (Å²) >= 11 is 6.00. The third-order valence-electron chi connectivity index (χ3n) is 8.64. The molecule has 4 nitrogen and oxygen atoms in total. The van der Waals surface area contributed by atoms with Gasteiger partial charge in [0.05, 0.1) is 13.1 Å². The number of rotatable bonds is 7. The second kappa shape index (κ2) is 16.6. The van der Waals surface area contributed by atoms with E-state index in [0.717, 1.165) is 49.2 Å². The normalized spacial score (nSPS) is 23.5. The van der Waals surface area contributed by atoms with Crippen LogP contribution in [-0.4, -0.2) is 37.0 Å². The van der Waals surface area contributed by atoms with E-state index >= 15 is 0 Å². The van der Waals surface area contributed by atoms with Crippen LogP contribution in [-0.2, 0) is 11.2 Å². The van der Waals surface area contributed by atoms with Gasteiger partial charge < -0.3 is 10.2 Å². The number of hydrogen-bond donors (Lipinski definition) is 1. The standard InChI is InChI=1S/C19H27NO.C12H17ClN2.C2H2/c21-15-20-12-11-18(17-9-5-2-6-10-17)14-19(20)13-16-7-3-1-4-8-16;1-2-3-11-10(4-5-12(13)15-11)9-6-7-14-8-9;1-2/h2,5-6,9-10,15-16,18-19H,1,3-4,7-8,11-14H2;4-5,9,14H,2-3,6-8H2,1H3;1-2H/p+2/t;9-;/m.0./s1. The van der Waals surface area contributed by atoms with E-state index in [-0.39, 0.29) is 0 Å². The molecule has 1 saturated carbocycles. The van der Waals surface area contributed by atoms with Crippen molar-refractivity contribution >= 4 is 18.0 Å². The van der Waals surface area contributed by atoms with Crippen molar-refractivity contribution in [3.05, 3.63) is 64.4 Å². The molecule has 1 aromatic carbocycles. The molecule has 38 heavy (non-hydrogen) atoms. The first kappa shape index (κ1) is 30.2. The average Bonchev–Trinajstić information content (AvgIpc) is 3.51. The highest BCUT2D eigenvalue weighted by Gasteiger charge is 2.30. The minimum atomic E-state index is 0.463. The molecule has 5 heteroatoms. The summed E-state index contributed by atoms with van der Waals surface area (Å²) in [5.74, 6) is 2.21. The minimum Gasteiger partial charge on any atom is -0.346 e. The van der Waals surface area contributed by atoms with Crippen LogP contribution in [0.5, 0.6) is 0 Å². The van der Waals surface area contributed by atoms with E-state index in [1.54, 1.807) is 0 Å². The molecule has 0 radical (unpaired) electrons. The number of carbonyl (C=O) groups excluding carboxylic acids is 1. The number of carbonyl (C=O) groups is 1. The number of halogens is 1. The first-order chi connectivity index (χ1) is 18.7. The Morgan fingerprint density at radius 1 is 1.03 bits per heavy atom. The highest BCUT2D eigenvalue weighted by atomic mass is 35.5. The lowest BCUT2D eigenvalue weighted by Crippen LogP contribution is -2.81. The van der Waals surface area contributed by atoms with Crippen molar-refractivity contribution in [2.24, 2.45) is 5.92 Å². The predicted octanol–water partition coefficient (Wildman–Crippen LogP) is 5.77. The number of benzene rings is 1. The highest BCUT2D eigenvalue weighted by molar-refractivity contribution is 6.28. The third kappa shape index (κ3) is 8.85. The first-order valence-electron chi connectivity index (χ1n) is 14.8. The maximum atomic E-state index is 11.4. The van der Waals surface area contributed by atoms with Crippen molar-refractivity contribution in [3.8, 4) is 12.8 Å². The molecule has 5 rings (SSSR count). The van der Waals surface area contributed by atoms with E-state index in [2.05, 4.69) is 71.4 Å². The molecule has 2 aliphatic heterocycles. The number of aromatic amines is 1. The number of nitrogens with two attached hydrogens (primary N) is 1. The molecule has 0 bridgehead atoms. The summed E-state index contributed by atoms with van der Waals surface area (Å²) in [7, 11) is 0. The number of quaternary nitrogens is 1.